The monoisotopic (exact) mass is 249 g/mol. The molecular formula is InKO4P+. The second-order valence-electron chi connectivity index (χ2n) is 0.447. The van der Waals surface area contributed by atoms with Crippen LogP contribution in [0.2, 0.25) is 0 Å². The Balaban J connectivity index is -0.0000000800. The van der Waals surface area contributed by atoms with Crippen LogP contribution in [0.25, 0.3) is 0 Å². The fourth-order valence-electron chi connectivity index (χ4n) is 0. The van der Waals surface area contributed by atoms with Crippen LogP contribution < -0.4 is 66.1 Å². The van der Waals surface area contributed by atoms with Crippen molar-refractivity contribution in [1.29, 1.82) is 0 Å². The van der Waals surface area contributed by atoms with Gasteiger partial charge in [-0.2, -0.15) is 7.82 Å². The largest absolute Gasteiger partial charge is 3.00 e. The van der Waals surface area contributed by atoms with Crippen molar-refractivity contribution in [3.63, 3.8) is 0 Å². The Kier molecular flexibility index (Phi) is 15.7. The molecule has 0 amide bonds. The van der Waals surface area contributed by atoms with E-state index in [0.29, 0.717) is 0 Å². The van der Waals surface area contributed by atoms with Gasteiger partial charge in [-0.05, 0) is 0 Å². The molecule has 0 atom stereocenters. The van der Waals surface area contributed by atoms with Gasteiger partial charge < -0.3 is 19.2 Å². The summed E-state index contributed by atoms with van der Waals surface area (Å²) in [5.41, 5.74) is 0. The van der Waals surface area contributed by atoms with Gasteiger partial charge in [0.15, 0.2) is 0 Å². The van der Waals surface area contributed by atoms with Crippen LogP contribution in [0.15, 0.2) is 0 Å². The summed E-state index contributed by atoms with van der Waals surface area (Å²) in [5.74, 6) is 0. The summed E-state index contributed by atoms with van der Waals surface area (Å²) < 4.78 is 8.55. The van der Waals surface area contributed by atoms with Crippen LogP contribution in [0, 0.1) is 0 Å². The molecule has 0 aliphatic rings. The zero-order valence-electron chi connectivity index (χ0n) is 3.66. The third kappa shape index (κ3) is 55.1. The summed E-state index contributed by atoms with van der Waals surface area (Å²) in [7, 11) is -5.39. The second kappa shape index (κ2) is 6.73. The van der Waals surface area contributed by atoms with E-state index in [1.54, 1.807) is 0 Å². The van der Waals surface area contributed by atoms with E-state index < -0.39 is 7.82 Å². The summed E-state index contributed by atoms with van der Waals surface area (Å²) in [6.07, 6.45) is 0. The Morgan fingerprint density at radius 1 is 1.14 bits per heavy atom. The van der Waals surface area contributed by atoms with Crippen LogP contribution in [0.3, 0.4) is 0 Å². The molecule has 32 valence electrons. The van der Waals surface area contributed by atoms with E-state index in [2.05, 4.69) is 0 Å². The summed E-state index contributed by atoms with van der Waals surface area (Å²) in [6.45, 7) is 0. The zero-order chi connectivity index (χ0) is 4.50. The zero-order valence-corrected chi connectivity index (χ0v) is 11.0. The maximum Gasteiger partial charge on any atom is 3.00 e. The van der Waals surface area contributed by atoms with Crippen LogP contribution >= 0.6 is 7.82 Å². The molecule has 0 radical (unpaired) electrons. The van der Waals surface area contributed by atoms with Gasteiger partial charge in [0.25, 0.3) is 0 Å². The molecule has 7 heteroatoms. The third-order valence-electron chi connectivity index (χ3n) is 0. The van der Waals surface area contributed by atoms with Crippen molar-refractivity contribution in [3.05, 3.63) is 0 Å². The summed E-state index contributed by atoms with van der Waals surface area (Å²) in [4.78, 5) is 25.6. The van der Waals surface area contributed by atoms with Gasteiger partial charge in [-0.3, -0.25) is 0 Å². The van der Waals surface area contributed by atoms with Crippen molar-refractivity contribution < 1.29 is 70.6 Å². The maximum atomic E-state index is 8.55. The average molecular weight is 249 g/mol. The normalized spacial score (nSPS) is 8.43. The molecule has 0 aliphatic carbocycles. The standard InChI is InChI=1S/In.K.H3O4P/c;;1-5(2,3)4/h;;(H3,1,2,3,4)/q+3;+1;/p-3. The van der Waals surface area contributed by atoms with Crippen molar-refractivity contribution in [2.45, 2.75) is 0 Å². The second-order valence-corrected chi connectivity index (χ2v) is 1.34. The van der Waals surface area contributed by atoms with Crippen molar-refractivity contribution in [2.75, 3.05) is 0 Å². The van der Waals surface area contributed by atoms with Crippen molar-refractivity contribution in [2.24, 2.45) is 0 Å². The predicted molar refractivity (Wildman–Crippen MR) is 13.4 cm³/mol. The first kappa shape index (κ1) is 16.3. The Hall–Kier alpha value is 2.62. The average Bonchev–Trinajstić information content (AvgIpc) is 0.722. The predicted octanol–water partition coefficient (Wildman–Crippen LogP) is -6.20. The number of rotatable bonds is 0. The van der Waals surface area contributed by atoms with Crippen LogP contribution in [0.1, 0.15) is 0 Å². The molecule has 0 aliphatic heterocycles. The van der Waals surface area contributed by atoms with E-state index in [-0.39, 0.29) is 77.2 Å². The third-order valence-corrected chi connectivity index (χ3v) is 0. The molecule has 0 rings (SSSR count). The number of hydrogen-bond donors (Lipinski definition) is 0. The minimum absolute atomic E-state index is 0. The van der Waals surface area contributed by atoms with Crippen LogP contribution in [-0.4, -0.2) is 25.8 Å². The molecule has 0 fully saturated rings. The smallest absolute Gasteiger partial charge is 0.822 e. The van der Waals surface area contributed by atoms with E-state index in [4.69, 9.17) is 19.2 Å². The molecule has 4 nitrogen and oxygen atoms in total. The quantitative estimate of drug-likeness (QED) is 0.315. The van der Waals surface area contributed by atoms with Crippen molar-refractivity contribution >= 4 is 33.7 Å². The van der Waals surface area contributed by atoms with Gasteiger partial charge in [-0.25, -0.2) is 0 Å². The maximum absolute atomic E-state index is 8.55. The van der Waals surface area contributed by atoms with E-state index in [0.717, 1.165) is 0 Å². The van der Waals surface area contributed by atoms with E-state index >= 15 is 0 Å². The SMILES string of the molecule is O=P([O-])([O-])[O-].[In+3].[K+]. The molecule has 0 saturated carbocycles. The molecule has 0 spiro atoms. The Morgan fingerprint density at radius 3 is 1.14 bits per heavy atom. The first-order chi connectivity index (χ1) is 2.00. The van der Waals surface area contributed by atoms with Gasteiger partial charge in [-0.1, -0.05) is 0 Å². The van der Waals surface area contributed by atoms with Crippen LogP contribution in [0.4, 0.5) is 0 Å². The molecule has 0 bridgehead atoms. The molecule has 0 aromatic heterocycles. The van der Waals surface area contributed by atoms with Gasteiger partial charge in [0, 0.05) is 0 Å². The van der Waals surface area contributed by atoms with Gasteiger partial charge in [-0.15, -0.1) is 0 Å². The topological polar surface area (TPSA) is 86.2 Å². The first-order valence-electron chi connectivity index (χ1n) is 0.730. The van der Waals surface area contributed by atoms with E-state index in [9.17, 15) is 0 Å². The Labute approximate surface area is 102 Å². The summed E-state index contributed by atoms with van der Waals surface area (Å²) in [6, 6.07) is 0. The first-order valence-corrected chi connectivity index (χ1v) is 2.19. The minimum Gasteiger partial charge on any atom is -0.822 e. The molecule has 7 heavy (non-hydrogen) atoms. The van der Waals surface area contributed by atoms with E-state index in [1.807, 2.05) is 0 Å². The minimum atomic E-state index is -5.39. The van der Waals surface area contributed by atoms with Crippen molar-refractivity contribution in [3.8, 4) is 0 Å². The molecule has 0 aromatic rings. The molecule has 0 saturated heterocycles. The van der Waals surface area contributed by atoms with Gasteiger partial charge in [0.2, 0.25) is 0 Å². The Bertz CT molecular complexity index is 57.8. The summed E-state index contributed by atoms with van der Waals surface area (Å²) in [5, 5.41) is 0. The van der Waals surface area contributed by atoms with Crippen LogP contribution in [-0.2, 0) is 4.57 Å². The number of phosphoric acid groups is 1. The molecular weight excluding hydrogens is 249 g/mol. The van der Waals surface area contributed by atoms with E-state index in [1.165, 1.54) is 0 Å². The molecule has 0 aromatic carbocycles. The van der Waals surface area contributed by atoms with Gasteiger partial charge >= 0.3 is 77.2 Å². The number of hydrogen-bond acceptors (Lipinski definition) is 4. The molecule has 0 unspecified atom stereocenters. The molecule has 0 N–H and O–H groups in total. The Morgan fingerprint density at radius 2 is 1.14 bits per heavy atom. The van der Waals surface area contributed by atoms with Gasteiger partial charge in [0.05, 0.1) is 0 Å². The fraction of sp³-hybridized carbons (Fsp3) is 0. The fourth-order valence-corrected chi connectivity index (χ4v) is 0. The van der Waals surface area contributed by atoms with Crippen molar-refractivity contribution in [1.82, 2.24) is 0 Å². The molecule has 0 heterocycles. The van der Waals surface area contributed by atoms with Gasteiger partial charge in [0.1, 0.15) is 0 Å². The summed E-state index contributed by atoms with van der Waals surface area (Å²) >= 11 is 0. The van der Waals surface area contributed by atoms with Crippen LogP contribution in [0.5, 0.6) is 0 Å².